The van der Waals surface area contributed by atoms with Crippen LogP contribution in [0.3, 0.4) is 0 Å². The fourth-order valence-corrected chi connectivity index (χ4v) is 1.54. The number of hydrogen-bond acceptors (Lipinski definition) is 4. The molecule has 0 bridgehead atoms. The first-order valence-electron chi connectivity index (χ1n) is 3.95. The monoisotopic (exact) mass is 271 g/mol. The number of pyridine rings is 1. The molecule has 1 N–H and O–H groups in total. The minimum atomic E-state index is -1.04. The lowest BCUT2D eigenvalue weighted by atomic mass is 10.3. The molecule has 0 spiro atoms. The van der Waals surface area contributed by atoms with Crippen LogP contribution in [-0.2, 0) is 0 Å². The van der Waals surface area contributed by atoms with E-state index in [1.165, 1.54) is 23.9 Å². The number of hydrogen-bond donors (Lipinski definition) is 1. The van der Waals surface area contributed by atoms with Crippen molar-refractivity contribution in [1.29, 1.82) is 0 Å². The van der Waals surface area contributed by atoms with E-state index in [1.807, 2.05) is 0 Å². The maximum Gasteiger partial charge on any atom is 0.337 e. The van der Waals surface area contributed by atoms with Gasteiger partial charge in [-0.25, -0.2) is 9.31 Å². The van der Waals surface area contributed by atoms with Gasteiger partial charge in [0.25, 0.3) is 0 Å². The number of carboxylic acid groups (broad SMARTS) is 1. The second-order valence-corrected chi connectivity index (χ2v) is 3.46. The van der Waals surface area contributed by atoms with Crippen LogP contribution in [0.2, 0.25) is 0 Å². The molecule has 0 radical (unpaired) electrons. The van der Waals surface area contributed by atoms with E-state index in [0.29, 0.717) is 16.1 Å². The number of halogens is 1. The van der Waals surface area contributed by atoms with Crippen molar-refractivity contribution < 1.29 is 14.6 Å². The summed E-state index contributed by atoms with van der Waals surface area (Å²) in [6.07, 6.45) is 1.37. The molecule has 0 aliphatic heterocycles. The molecule has 0 saturated carbocycles. The van der Waals surface area contributed by atoms with Gasteiger partial charge in [-0.15, -0.1) is 5.10 Å². The van der Waals surface area contributed by atoms with E-state index in [4.69, 9.17) is 9.84 Å². The van der Waals surface area contributed by atoms with Crippen LogP contribution in [0.25, 0.3) is 5.65 Å². The largest absolute Gasteiger partial charge is 0.493 e. The SMILES string of the molecule is COc1cc(C(=O)O)cn2nc(Br)nc12. The zero-order valence-corrected chi connectivity index (χ0v) is 9.22. The van der Waals surface area contributed by atoms with Gasteiger partial charge in [0.2, 0.25) is 4.73 Å². The van der Waals surface area contributed by atoms with Crippen LogP contribution in [-0.4, -0.2) is 32.8 Å². The summed E-state index contributed by atoms with van der Waals surface area (Å²) < 4.78 is 6.76. The van der Waals surface area contributed by atoms with Crippen LogP contribution in [0.4, 0.5) is 0 Å². The van der Waals surface area contributed by atoms with Gasteiger partial charge in [-0.1, -0.05) is 0 Å². The highest BCUT2D eigenvalue weighted by Gasteiger charge is 2.12. The summed E-state index contributed by atoms with van der Waals surface area (Å²) in [4.78, 5) is 14.8. The third kappa shape index (κ3) is 1.65. The highest BCUT2D eigenvalue weighted by atomic mass is 79.9. The van der Waals surface area contributed by atoms with E-state index in [2.05, 4.69) is 26.0 Å². The number of carboxylic acids is 1. The van der Waals surface area contributed by atoms with Crippen molar-refractivity contribution in [3.05, 3.63) is 22.6 Å². The van der Waals surface area contributed by atoms with Gasteiger partial charge in [-0.3, -0.25) is 0 Å². The Morgan fingerprint density at radius 2 is 2.40 bits per heavy atom. The third-order valence-corrected chi connectivity index (χ3v) is 2.18. The molecule has 6 nitrogen and oxygen atoms in total. The lowest BCUT2D eigenvalue weighted by molar-refractivity contribution is 0.0696. The molecular weight excluding hydrogens is 266 g/mol. The summed E-state index contributed by atoms with van der Waals surface area (Å²) in [5, 5.41) is 12.8. The topological polar surface area (TPSA) is 76.7 Å². The van der Waals surface area contributed by atoms with Crippen molar-refractivity contribution in [1.82, 2.24) is 14.6 Å². The van der Waals surface area contributed by atoms with E-state index in [1.54, 1.807) is 0 Å². The Kier molecular flexibility index (Phi) is 2.31. The van der Waals surface area contributed by atoms with Gasteiger partial charge >= 0.3 is 5.97 Å². The molecule has 15 heavy (non-hydrogen) atoms. The number of aromatic nitrogens is 3. The number of fused-ring (bicyclic) bond motifs is 1. The summed E-state index contributed by atoms with van der Waals surface area (Å²) in [6.45, 7) is 0. The predicted molar refractivity (Wildman–Crippen MR) is 54.2 cm³/mol. The molecule has 0 amide bonds. The molecule has 7 heteroatoms. The van der Waals surface area contributed by atoms with Crippen molar-refractivity contribution in [2.45, 2.75) is 0 Å². The van der Waals surface area contributed by atoms with Crippen LogP contribution in [0.15, 0.2) is 17.0 Å². The van der Waals surface area contributed by atoms with Crippen molar-refractivity contribution >= 4 is 27.5 Å². The van der Waals surface area contributed by atoms with Gasteiger partial charge in [0.15, 0.2) is 11.4 Å². The quantitative estimate of drug-likeness (QED) is 0.888. The van der Waals surface area contributed by atoms with E-state index in [-0.39, 0.29) is 5.56 Å². The van der Waals surface area contributed by atoms with Crippen molar-refractivity contribution in [2.75, 3.05) is 7.11 Å². The molecule has 0 unspecified atom stereocenters. The Bertz CT molecular complexity index is 537. The smallest absolute Gasteiger partial charge is 0.337 e. The van der Waals surface area contributed by atoms with Gasteiger partial charge in [0.05, 0.1) is 12.7 Å². The average Bonchev–Trinajstić information content (AvgIpc) is 2.56. The van der Waals surface area contributed by atoms with Crippen molar-refractivity contribution in [2.24, 2.45) is 0 Å². The number of rotatable bonds is 2. The molecule has 2 aromatic rings. The average molecular weight is 272 g/mol. The Labute approximate surface area is 92.6 Å². The zero-order chi connectivity index (χ0) is 11.0. The fraction of sp³-hybridized carbons (Fsp3) is 0.125. The Hall–Kier alpha value is -1.63. The molecular formula is C8H6BrN3O3. The van der Waals surface area contributed by atoms with Gasteiger partial charge in [-0.2, -0.15) is 4.98 Å². The maximum absolute atomic E-state index is 10.8. The lowest BCUT2D eigenvalue weighted by Crippen LogP contribution is -2.01. The molecule has 2 heterocycles. The third-order valence-electron chi connectivity index (χ3n) is 1.84. The Balaban J connectivity index is 2.76. The second kappa shape index (κ2) is 3.50. The number of ether oxygens (including phenoxy) is 1. The van der Waals surface area contributed by atoms with Crippen LogP contribution in [0, 0.1) is 0 Å². The van der Waals surface area contributed by atoms with Gasteiger partial charge in [0, 0.05) is 12.3 Å². The number of nitrogens with zero attached hydrogens (tertiary/aromatic N) is 3. The minimum absolute atomic E-state index is 0.0942. The summed E-state index contributed by atoms with van der Waals surface area (Å²) >= 11 is 3.10. The normalized spacial score (nSPS) is 10.5. The molecule has 78 valence electrons. The lowest BCUT2D eigenvalue weighted by Gasteiger charge is -2.02. The van der Waals surface area contributed by atoms with Crippen LogP contribution >= 0.6 is 15.9 Å². The van der Waals surface area contributed by atoms with E-state index in [0.717, 1.165) is 0 Å². The minimum Gasteiger partial charge on any atom is -0.493 e. The molecule has 0 fully saturated rings. The fourth-order valence-electron chi connectivity index (χ4n) is 1.20. The van der Waals surface area contributed by atoms with E-state index in [9.17, 15) is 4.79 Å². The first-order chi connectivity index (χ1) is 7.11. The molecule has 0 aliphatic rings. The summed E-state index contributed by atoms with van der Waals surface area (Å²) in [6, 6.07) is 1.40. The molecule has 2 aromatic heterocycles. The van der Waals surface area contributed by atoms with E-state index >= 15 is 0 Å². The van der Waals surface area contributed by atoms with Crippen LogP contribution in [0.1, 0.15) is 10.4 Å². The predicted octanol–water partition coefficient (Wildman–Crippen LogP) is 1.20. The highest BCUT2D eigenvalue weighted by Crippen LogP contribution is 2.21. The molecule has 2 rings (SSSR count). The summed E-state index contributed by atoms with van der Waals surface area (Å²) in [5.41, 5.74) is 0.561. The Morgan fingerprint density at radius 3 is 3.00 bits per heavy atom. The van der Waals surface area contributed by atoms with Crippen molar-refractivity contribution in [3.63, 3.8) is 0 Å². The number of methoxy groups -OCH3 is 1. The molecule has 0 aliphatic carbocycles. The van der Waals surface area contributed by atoms with Gasteiger partial charge in [-0.05, 0) is 15.9 Å². The molecule has 0 aromatic carbocycles. The second-order valence-electron chi connectivity index (χ2n) is 2.75. The van der Waals surface area contributed by atoms with Crippen LogP contribution < -0.4 is 4.74 Å². The standard InChI is InChI=1S/C8H6BrN3O3/c1-15-5-2-4(7(13)14)3-12-6(5)10-8(9)11-12/h2-3H,1H3,(H,13,14). The Morgan fingerprint density at radius 1 is 1.67 bits per heavy atom. The zero-order valence-electron chi connectivity index (χ0n) is 7.64. The molecule has 0 atom stereocenters. The van der Waals surface area contributed by atoms with Crippen LogP contribution in [0.5, 0.6) is 5.75 Å². The highest BCUT2D eigenvalue weighted by molar-refractivity contribution is 9.10. The first-order valence-corrected chi connectivity index (χ1v) is 4.74. The number of aromatic carboxylic acids is 1. The van der Waals surface area contributed by atoms with E-state index < -0.39 is 5.97 Å². The summed E-state index contributed by atoms with van der Waals surface area (Å²) in [7, 11) is 1.45. The first kappa shape index (κ1) is 9.91. The van der Waals surface area contributed by atoms with Crippen molar-refractivity contribution in [3.8, 4) is 5.75 Å². The van der Waals surface area contributed by atoms with Gasteiger partial charge in [0.1, 0.15) is 0 Å². The van der Waals surface area contributed by atoms with Gasteiger partial charge < -0.3 is 9.84 Å². The summed E-state index contributed by atoms with van der Waals surface area (Å²) in [5.74, 6) is -0.671. The number of carbonyl (C=O) groups is 1. The maximum atomic E-state index is 10.8. The molecule has 0 saturated heterocycles.